The summed E-state index contributed by atoms with van der Waals surface area (Å²) in [6.07, 6.45) is 1.11. The van der Waals surface area contributed by atoms with Crippen LogP contribution in [0, 0.1) is 0 Å². The number of piperidine rings is 1. The van der Waals surface area contributed by atoms with Gasteiger partial charge in [0.2, 0.25) is 5.91 Å². The maximum absolute atomic E-state index is 12.0. The van der Waals surface area contributed by atoms with E-state index in [-0.39, 0.29) is 30.3 Å². The number of carbonyl (C=O) groups is 2. The molecule has 2 amide bonds. The molecule has 1 aliphatic rings. The zero-order valence-corrected chi connectivity index (χ0v) is 12.5. The lowest BCUT2D eigenvalue weighted by Crippen LogP contribution is -2.47. The highest BCUT2D eigenvalue weighted by Gasteiger charge is 2.20. The van der Waals surface area contributed by atoms with Crippen molar-refractivity contribution >= 4 is 45.8 Å². The van der Waals surface area contributed by atoms with Crippen LogP contribution < -0.4 is 16.4 Å². The smallest absolute Gasteiger partial charge is 0.253 e. The van der Waals surface area contributed by atoms with Crippen LogP contribution in [0.3, 0.4) is 0 Å². The van der Waals surface area contributed by atoms with Crippen molar-refractivity contribution in [2.24, 2.45) is 0 Å². The molecule has 0 saturated carbocycles. The molecular formula is C12H15BrClN3O2. The molecule has 0 radical (unpaired) electrons. The molecule has 7 heteroatoms. The maximum Gasteiger partial charge on any atom is 0.253 e. The average Bonchev–Trinajstić information content (AvgIpc) is 2.32. The lowest BCUT2D eigenvalue weighted by molar-refractivity contribution is -0.122. The van der Waals surface area contributed by atoms with E-state index in [0.717, 1.165) is 4.47 Å². The Labute approximate surface area is 125 Å². The van der Waals surface area contributed by atoms with Crippen molar-refractivity contribution in [2.75, 3.05) is 12.3 Å². The second-order valence-electron chi connectivity index (χ2n) is 4.24. The maximum atomic E-state index is 12.0. The average molecular weight is 349 g/mol. The Morgan fingerprint density at radius 3 is 2.79 bits per heavy atom. The highest BCUT2D eigenvalue weighted by atomic mass is 79.9. The Kier molecular flexibility index (Phi) is 5.62. The van der Waals surface area contributed by atoms with Crippen LogP contribution in [0.1, 0.15) is 23.2 Å². The summed E-state index contributed by atoms with van der Waals surface area (Å²) in [6, 6.07) is 5.11. The third kappa shape index (κ3) is 4.11. The summed E-state index contributed by atoms with van der Waals surface area (Å²) >= 11 is 3.29. The van der Waals surface area contributed by atoms with E-state index in [1.165, 1.54) is 0 Å². The first kappa shape index (κ1) is 15.8. The number of amides is 2. The molecule has 1 fully saturated rings. The molecule has 2 rings (SSSR count). The Morgan fingerprint density at radius 1 is 1.47 bits per heavy atom. The van der Waals surface area contributed by atoms with Crippen LogP contribution in [0.2, 0.25) is 0 Å². The van der Waals surface area contributed by atoms with Gasteiger partial charge in [0.15, 0.2) is 0 Å². The van der Waals surface area contributed by atoms with Gasteiger partial charge in [-0.2, -0.15) is 0 Å². The van der Waals surface area contributed by atoms with E-state index < -0.39 is 0 Å². The largest absolute Gasteiger partial charge is 0.398 e. The minimum atomic E-state index is -0.207. The van der Waals surface area contributed by atoms with Gasteiger partial charge in [-0.15, -0.1) is 12.4 Å². The van der Waals surface area contributed by atoms with Crippen molar-refractivity contribution in [2.45, 2.75) is 18.9 Å². The zero-order chi connectivity index (χ0) is 13.1. The summed E-state index contributed by atoms with van der Waals surface area (Å²) in [5, 5.41) is 5.59. The summed E-state index contributed by atoms with van der Waals surface area (Å²) in [7, 11) is 0. The fourth-order valence-corrected chi connectivity index (χ4v) is 2.24. The third-order valence-corrected chi connectivity index (χ3v) is 3.35. The van der Waals surface area contributed by atoms with Gasteiger partial charge in [0.05, 0.1) is 5.56 Å². The van der Waals surface area contributed by atoms with Crippen LogP contribution in [-0.2, 0) is 4.79 Å². The van der Waals surface area contributed by atoms with Crippen molar-refractivity contribution in [1.29, 1.82) is 0 Å². The highest BCUT2D eigenvalue weighted by molar-refractivity contribution is 9.10. The van der Waals surface area contributed by atoms with E-state index in [4.69, 9.17) is 5.73 Å². The number of nitrogen functional groups attached to an aromatic ring is 1. The van der Waals surface area contributed by atoms with Crippen LogP contribution in [-0.4, -0.2) is 24.4 Å². The standard InChI is InChI=1S/C12H14BrN3O2.ClH/c13-7-1-3-9(10(14)5-7)12(18)16-8-2-4-11(17)15-6-8;/h1,3,5,8H,2,4,6,14H2,(H,15,17)(H,16,18);1H. The van der Waals surface area contributed by atoms with Crippen molar-refractivity contribution in [1.82, 2.24) is 10.6 Å². The zero-order valence-electron chi connectivity index (χ0n) is 10.1. The lowest BCUT2D eigenvalue weighted by Gasteiger charge is -2.23. The van der Waals surface area contributed by atoms with Crippen LogP contribution in [0.4, 0.5) is 5.69 Å². The van der Waals surface area contributed by atoms with E-state index in [1.807, 2.05) is 0 Å². The van der Waals surface area contributed by atoms with Crippen molar-refractivity contribution in [3.63, 3.8) is 0 Å². The molecule has 1 saturated heterocycles. The van der Waals surface area contributed by atoms with Crippen molar-refractivity contribution in [3.05, 3.63) is 28.2 Å². The van der Waals surface area contributed by atoms with Gasteiger partial charge in [-0.25, -0.2) is 0 Å². The monoisotopic (exact) mass is 347 g/mol. The minimum absolute atomic E-state index is 0. The van der Waals surface area contributed by atoms with Gasteiger partial charge >= 0.3 is 0 Å². The van der Waals surface area contributed by atoms with E-state index in [0.29, 0.717) is 30.6 Å². The van der Waals surface area contributed by atoms with Crippen LogP contribution in [0.5, 0.6) is 0 Å². The van der Waals surface area contributed by atoms with Crippen LogP contribution >= 0.6 is 28.3 Å². The first-order chi connectivity index (χ1) is 8.56. The summed E-state index contributed by atoms with van der Waals surface area (Å²) < 4.78 is 0.835. The number of halogens is 2. The van der Waals surface area contributed by atoms with Gasteiger partial charge in [0.25, 0.3) is 5.91 Å². The Balaban J connectivity index is 0.00000180. The van der Waals surface area contributed by atoms with Gasteiger partial charge in [0, 0.05) is 29.2 Å². The van der Waals surface area contributed by atoms with Gasteiger partial charge in [-0.05, 0) is 24.6 Å². The highest BCUT2D eigenvalue weighted by Crippen LogP contribution is 2.18. The molecule has 0 aromatic heterocycles. The van der Waals surface area contributed by atoms with Crippen molar-refractivity contribution in [3.8, 4) is 0 Å². The second kappa shape index (κ2) is 6.77. The molecule has 19 heavy (non-hydrogen) atoms. The SMILES string of the molecule is Cl.Nc1cc(Br)ccc1C(=O)NC1CCC(=O)NC1. The number of nitrogens with one attached hydrogen (secondary N) is 2. The minimum Gasteiger partial charge on any atom is -0.398 e. The predicted molar refractivity (Wildman–Crippen MR) is 79.3 cm³/mol. The summed E-state index contributed by atoms with van der Waals surface area (Å²) in [6.45, 7) is 0.473. The molecule has 0 spiro atoms. The number of anilines is 1. The van der Waals surface area contributed by atoms with Crippen LogP contribution in [0.25, 0.3) is 0 Å². The first-order valence-corrected chi connectivity index (χ1v) is 6.48. The number of hydrogen-bond acceptors (Lipinski definition) is 3. The Bertz CT molecular complexity index is 486. The second-order valence-corrected chi connectivity index (χ2v) is 5.16. The molecular weight excluding hydrogens is 334 g/mol. The molecule has 4 N–H and O–H groups in total. The van der Waals surface area contributed by atoms with Gasteiger partial charge in [-0.1, -0.05) is 15.9 Å². The quantitative estimate of drug-likeness (QED) is 0.708. The number of carbonyl (C=O) groups excluding carboxylic acids is 2. The topological polar surface area (TPSA) is 84.2 Å². The molecule has 1 heterocycles. The fourth-order valence-electron chi connectivity index (χ4n) is 1.86. The molecule has 5 nitrogen and oxygen atoms in total. The first-order valence-electron chi connectivity index (χ1n) is 5.69. The Hall–Kier alpha value is -1.27. The molecule has 104 valence electrons. The van der Waals surface area contributed by atoms with Crippen molar-refractivity contribution < 1.29 is 9.59 Å². The van der Waals surface area contributed by atoms with E-state index in [2.05, 4.69) is 26.6 Å². The molecule has 1 atom stereocenters. The Morgan fingerprint density at radius 2 is 2.21 bits per heavy atom. The van der Waals surface area contributed by atoms with Crippen LogP contribution in [0.15, 0.2) is 22.7 Å². The lowest BCUT2D eigenvalue weighted by atomic mass is 10.1. The fraction of sp³-hybridized carbons (Fsp3) is 0.333. The molecule has 0 aliphatic carbocycles. The third-order valence-electron chi connectivity index (χ3n) is 2.86. The molecule has 1 aromatic rings. The predicted octanol–water partition coefficient (Wildman–Crippen LogP) is 1.46. The van der Waals surface area contributed by atoms with E-state index in [9.17, 15) is 9.59 Å². The number of rotatable bonds is 2. The number of nitrogens with two attached hydrogens (primary N) is 1. The normalized spacial score (nSPS) is 18.2. The number of benzene rings is 1. The molecule has 1 aliphatic heterocycles. The summed E-state index contributed by atoms with van der Waals surface area (Å²) in [4.78, 5) is 23.0. The summed E-state index contributed by atoms with van der Waals surface area (Å²) in [5.74, 6) is -0.176. The molecule has 1 aromatic carbocycles. The van der Waals surface area contributed by atoms with Gasteiger partial charge < -0.3 is 16.4 Å². The van der Waals surface area contributed by atoms with E-state index >= 15 is 0 Å². The van der Waals surface area contributed by atoms with E-state index in [1.54, 1.807) is 18.2 Å². The molecule has 1 unspecified atom stereocenters. The van der Waals surface area contributed by atoms with Gasteiger partial charge in [0.1, 0.15) is 0 Å². The molecule has 0 bridgehead atoms. The van der Waals surface area contributed by atoms with Gasteiger partial charge in [-0.3, -0.25) is 9.59 Å². The summed E-state index contributed by atoms with van der Waals surface area (Å²) in [5.41, 5.74) is 6.67. The number of hydrogen-bond donors (Lipinski definition) is 3.